The van der Waals surface area contributed by atoms with Gasteiger partial charge in [-0.1, -0.05) is 0 Å². The molecular formula is C7H16Cl2NO2P. The van der Waals surface area contributed by atoms with Gasteiger partial charge in [0, 0.05) is 31.5 Å². The molecule has 0 bridgehead atoms. The standard InChI is InChI=1S/C7H16Cl2NO2P/c1-3-12-13(2,11)10(6-4-8)7-5-9/h3-7H2,1-2H3/t13-/m1/s1. The highest BCUT2D eigenvalue weighted by Crippen LogP contribution is 2.46. The number of alkyl halides is 2. The van der Waals surface area contributed by atoms with E-state index in [-0.39, 0.29) is 0 Å². The molecule has 0 aromatic heterocycles. The predicted octanol–water partition coefficient (Wildman–Crippen LogP) is 2.63. The van der Waals surface area contributed by atoms with Crippen molar-refractivity contribution in [1.29, 1.82) is 0 Å². The van der Waals surface area contributed by atoms with Crippen LogP contribution in [0.4, 0.5) is 0 Å². The molecule has 3 nitrogen and oxygen atoms in total. The van der Waals surface area contributed by atoms with Gasteiger partial charge in [0.2, 0.25) is 0 Å². The molecule has 0 aliphatic heterocycles. The van der Waals surface area contributed by atoms with Gasteiger partial charge in [-0.15, -0.1) is 23.2 Å². The highest BCUT2D eigenvalue weighted by Gasteiger charge is 2.24. The molecule has 13 heavy (non-hydrogen) atoms. The minimum absolute atomic E-state index is 0.432. The smallest absolute Gasteiger partial charge is 0.269 e. The molecule has 80 valence electrons. The number of halogens is 2. The molecular weight excluding hydrogens is 232 g/mol. The topological polar surface area (TPSA) is 29.5 Å². The van der Waals surface area contributed by atoms with Crippen molar-refractivity contribution in [3.05, 3.63) is 0 Å². The van der Waals surface area contributed by atoms with Gasteiger partial charge in [0.25, 0.3) is 7.52 Å². The Labute approximate surface area is 89.8 Å². The van der Waals surface area contributed by atoms with Crippen molar-refractivity contribution in [2.24, 2.45) is 0 Å². The number of nitrogens with zero attached hydrogens (tertiary/aromatic N) is 1. The molecule has 0 spiro atoms. The molecule has 0 radical (unpaired) electrons. The lowest BCUT2D eigenvalue weighted by Crippen LogP contribution is -2.25. The normalized spacial score (nSPS) is 16.1. The average Bonchev–Trinajstić information content (AvgIpc) is 2.04. The quantitative estimate of drug-likeness (QED) is 0.512. The van der Waals surface area contributed by atoms with Crippen LogP contribution in [0.3, 0.4) is 0 Å². The Morgan fingerprint density at radius 2 is 1.77 bits per heavy atom. The predicted molar refractivity (Wildman–Crippen MR) is 58.2 cm³/mol. The number of hydrogen-bond acceptors (Lipinski definition) is 2. The van der Waals surface area contributed by atoms with Gasteiger partial charge in [-0.2, -0.15) is 0 Å². The van der Waals surface area contributed by atoms with Gasteiger partial charge in [0.1, 0.15) is 0 Å². The van der Waals surface area contributed by atoms with Crippen molar-refractivity contribution in [2.45, 2.75) is 6.92 Å². The van der Waals surface area contributed by atoms with Crippen LogP contribution in [0.25, 0.3) is 0 Å². The molecule has 0 fully saturated rings. The molecule has 0 rings (SSSR count). The van der Waals surface area contributed by atoms with E-state index < -0.39 is 7.52 Å². The van der Waals surface area contributed by atoms with Crippen LogP contribution in [0.15, 0.2) is 0 Å². The summed E-state index contributed by atoms with van der Waals surface area (Å²) in [5.74, 6) is 0.865. The monoisotopic (exact) mass is 247 g/mol. The van der Waals surface area contributed by atoms with Crippen LogP contribution in [-0.4, -0.2) is 42.8 Å². The lowest BCUT2D eigenvalue weighted by atomic mass is 10.6. The summed E-state index contributed by atoms with van der Waals surface area (Å²) in [4.78, 5) is 0. The Hall–Kier alpha value is 0.730. The second-order valence-electron chi connectivity index (χ2n) is 2.55. The first-order chi connectivity index (χ1) is 6.08. The van der Waals surface area contributed by atoms with Crippen LogP contribution in [0.1, 0.15) is 6.92 Å². The van der Waals surface area contributed by atoms with Gasteiger partial charge >= 0.3 is 0 Å². The first-order valence-corrected chi connectivity index (χ1v) is 7.27. The summed E-state index contributed by atoms with van der Waals surface area (Å²) in [6, 6.07) is 0. The van der Waals surface area contributed by atoms with Gasteiger partial charge in [0.15, 0.2) is 0 Å². The van der Waals surface area contributed by atoms with Gasteiger partial charge in [-0.05, 0) is 6.92 Å². The maximum absolute atomic E-state index is 11.9. The van der Waals surface area contributed by atoms with Crippen molar-refractivity contribution in [1.82, 2.24) is 4.67 Å². The molecule has 1 atom stereocenters. The molecule has 0 aromatic rings. The minimum Gasteiger partial charge on any atom is -0.318 e. The van der Waals surface area contributed by atoms with E-state index >= 15 is 0 Å². The lowest BCUT2D eigenvalue weighted by Gasteiger charge is -2.26. The number of rotatable bonds is 7. The Bertz CT molecular complexity index is 174. The van der Waals surface area contributed by atoms with Gasteiger partial charge in [0.05, 0.1) is 6.61 Å². The third-order valence-corrected chi connectivity index (χ3v) is 4.07. The summed E-state index contributed by atoms with van der Waals surface area (Å²) >= 11 is 11.2. The van der Waals surface area contributed by atoms with Gasteiger partial charge in [-0.25, -0.2) is 4.67 Å². The second kappa shape index (κ2) is 7.08. The third kappa shape index (κ3) is 5.24. The van der Waals surface area contributed by atoms with Crippen LogP contribution < -0.4 is 0 Å². The molecule has 0 heterocycles. The van der Waals surface area contributed by atoms with Crippen LogP contribution in [0.2, 0.25) is 0 Å². The Morgan fingerprint density at radius 3 is 2.08 bits per heavy atom. The minimum atomic E-state index is -2.67. The van der Waals surface area contributed by atoms with E-state index in [0.717, 1.165) is 0 Å². The summed E-state index contributed by atoms with van der Waals surface area (Å²) in [5.41, 5.74) is 0. The van der Waals surface area contributed by atoms with Crippen LogP contribution in [-0.2, 0) is 9.09 Å². The van der Waals surface area contributed by atoms with E-state index in [4.69, 9.17) is 27.7 Å². The molecule has 0 N–H and O–H groups in total. The van der Waals surface area contributed by atoms with Crippen molar-refractivity contribution < 1.29 is 9.09 Å². The summed E-state index contributed by atoms with van der Waals surface area (Å²) in [6.07, 6.45) is 0. The van der Waals surface area contributed by atoms with Gasteiger partial charge in [-0.3, -0.25) is 4.57 Å². The van der Waals surface area contributed by atoms with E-state index in [9.17, 15) is 4.57 Å². The van der Waals surface area contributed by atoms with E-state index in [1.54, 1.807) is 11.3 Å². The van der Waals surface area contributed by atoms with Crippen LogP contribution in [0.5, 0.6) is 0 Å². The molecule has 6 heteroatoms. The molecule has 0 aromatic carbocycles. The van der Waals surface area contributed by atoms with Crippen LogP contribution in [0, 0.1) is 0 Å². The third-order valence-electron chi connectivity index (χ3n) is 1.57. The largest absolute Gasteiger partial charge is 0.318 e. The summed E-state index contributed by atoms with van der Waals surface area (Å²) in [6.45, 7) is 4.93. The fraction of sp³-hybridized carbons (Fsp3) is 1.00. The van der Waals surface area contributed by atoms with Crippen molar-refractivity contribution in [2.75, 3.05) is 38.1 Å². The zero-order valence-electron chi connectivity index (χ0n) is 8.00. The van der Waals surface area contributed by atoms with Crippen molar-refractivity contribution in [3.63, 3.8) is 0 Å². The SMILES string of the molecule is CCO[P@@](C)(=O)N(CCCl)CCCl. The maximum atomic E-state index is 11.9. The maximum Gasteiger partial charge on any atom is 0.269 e. The van der Waals surface area contributed by atoms with Crippen LogP contribution >= 0.6 is 30.7 Å². The van der Waals surface area contributed by atoms with Gasteiger partial charge < -0.3 is 4.52 Å². The fourth-order valence-electron chi connectivity index (χ4n) is 0.991. The molecule has 0 aliphatic rings. The summed E-state index contributed by atoms with van der Waals surface area (Å²) in [7, 11) is -2.67. The first-order valence-electron chi connectivity index (χ1n) is 4.18. The number of hydrogen-bond donors (Lipinski definition) is 0. The van der Waals surface area contributed by atoms with Crippen molar-refractivity contribution in [3.8, 4) is 0 Å². The highest BCUT2D eigenvalue weighted by atomic mass is 35.5. The highest BCUT2D eigenvalue weighted by molar-refractivity contribution is 7.55. The first kappa shape index (κ1) is 13.7. The molecule has 0 saturated heterocycles. The lowest BCUT2D eigenvalue weighted by molar-refractivity contribution is 0.284. The molecule has 0 saturated carbocycles. The Balaban J connectivity index is 4.23. The Kier molecular flexibility index (Phi) is 7.48. The molecule has 0 unspecified atom stereocenters. The van der Waals surface area contributed by atoms with Crippen molar-refractivity contribution >= 4 is 30.7 Å². The zero-order chi connectivity index (χ0) is 10.3. The van der Waals surface area contributed by atoms with E-state index in [2.05, 4.69) is 0 Å². The summed E-state index contributed by atoms with van der Waals surface area (Å²) in [5, 5.41) is 0. The molecule has 0 aliphatic carbocycles. The van der Waals surface area contributed by atoms with E-state index in [0.29, 0.717) is 31.5 Å². The average molecular weight is 248 g/mol. The zero-order valence-corrected chi connectivity index (χ0v) is 10.4. The van der Waals surface area contributed by atoms with E-state index in [1.807, 2.05) is 6.92 Å². The molecule has 0 amide bonds. The fourth-order valence-corrected chi connectivity index (χ4v) is 3.20. The summed E-state index contributed by atoms with van der Waals surface area (Å²) < 4.78 is 18.7. The van der Waals surface area contributed by atoms with E-state index in [1.165, 1.54) is 0 Å². The second-order valence-corrected chi connectivity index (χ2v) is 5.74. The Morgan fingerprint density at radius 1 is 1.31 bits per heavy atom.